The molecular formula is C17H24N7S2+. The number of likely N-dealkylation sites (N-methyl/N-ethyl adjacent to an activating group) is 1. The number of thioether (sulfide) groups is 1. The zero-order valence-electron chi connectivity index (χ0n) is 15.0. The smallest absolute Gasteiger partial charge is 0.232 e. The van der Waals surface area contributed by atoms with Gasteiger partial charge in [0, 0.05) is 5.69 Å². The van der Waals surface area contributed by atoms with E-state index in [-0.39, 0.29) is 5.95 Å². The molecule has 1 aliphatic heterocycles. The maximum absolute atomic E-state index is 5.84. The number of nitrogen functional groups attached to an aromatic ring is 1. The van der Waals surface area contributed by atoms with E-state index in [1.807, 2.05) is 31.2 Å². The Balaban J connectivity index is 1.60. The van der Waals surface area contributed by atoms with Crippen molar-refractivity contribution >= 4 is 45.9 Å². The lowest BCUT2D eigenvalue weighted by Crippen LogP contribution is -3.12. The van der Waals surface area contributed by atoms with Gasteiger partial charge in [0.1, 0.15) is 10.1 Å². The molecule has 0 aliphatic carbocycles. The van der Waals surface area contributed by atoms with Crippen molar-refractivity contribution in [2.24, 2.45) is 0 Å². The Labute approximate surface area is 163 Å². The molecule has 0 bridgehead atoms. The second-order valence-electron chi connectivity index (χ2n) is 6.42. The third kappa shape index (κ3) is 5.26. The quantitative estimate of drug-likeness (QED) is 0.663. The van der Waals surface area contributed by atoms with E-state index in [0.29, 0.717) is 17.5 Å². The van der Waals surface area contributed by atoms with E-state index in [0.717, 1.165) is 36.2 Å². The monoisotopic (exact) mass is 390 g/mol. The summed E-state index contributed by atoms with van der Waals surface area (Å²) in [6.45, 7) is 6.27. The Morgan fingerprint density at radius 3 is 2.62 bits per heavy atom. The molecule has 3 rings (SSSR count). The van der Waals surface area contributed by atoms with Gasteiger partial charge in [-0.1, -0.05) is 41.7 Å². The number of hydrogen-bond acceptors (Lipinski definition) is 7. The van der Waals surface area contributed by atoms with Crippen molar-refractivity contribution in [1.29, 1.82) is 0 Å². The summed E-state index contributed by atoms with van der Waals surface area (Å²) in [4.78, 5) is 16.7. The van der Waals surface area contributed by atoms with Crippen molar-refractivity contribution in [3.63, 3.8) is 0 Å². The van der Waals surface area contributed by atoms with Crippen molar-refractivity contribution in [2.75, 3.05) is 44.3 Å². The van der Waals surface area contributed by atoms with Crippen LogP contribution in [0.1, 0.15) is 11.4 Å². The SMILES string of the molecule is Cc1ccc(Nc2nc(N)nc(CSC(=S)N3CC[NH+](C)CC3)n2)cc1. The fraction of sp³-hybridized carbons (Fsp3) is 0.412. The minimum atomic E-state index is 0.208. The molecule has 7 nitrogen and oxygen atoms in total. The van der Waals surface area contributed by atoms with Crippen LogP contribution in [0.3, 0.4) is 0 Å². The summed E-state index contributed by atoms with van der Waals surface area (Å²) in [5, 5.41) is 3.17. The minimum absolute atomic E-state index is 0.208. The van der Waals surface area contributed by atoms with Gasteiger partial charge >= 0.3 is 0 Å². The van der Waals surface area contributed by atoms with E-state index in [4.69, 9.17) is 18.0 Å². The van der Waals surface area contributed by atoms with Gasteiger partial charge in [0.2, 0.25) is 11.9 Å². The lowest BCUT2D eigenvalue weighted by atomic mass is 10.2. The number of quaternary nitrogens is 1. The molecule has 4 N–H and O–H groups in total. The lowest BCUT2D eigenvalue weighted by molar-refractivity contribution is -0.883. The first-order chi connectivity index (χ1) is 12.5. The van der Waals surface area contributed by atoms with Gasteiger partial charge in [-0.25, -0.2) is 0 Å². The van der Waals surface area contributed by atoms with Gasteiger partial charge in [0.15, 0.2) is 0 Å². The highest BCUT2D eigenvalue weighted by Gasteiger charge is 2.19. The predicted molar refractivity (Wildman–Crippen MR) is 111 cm³/mol. The standard InChI is InChI=1S/C17H23N7S2/c1-12-3-5-13(6-4-12)19-16-21-14(20-15(18)22-16)11-26-17(25)24-9-7-23(2)8-10-24/h3-6H,7-11H2,1-2H3,(H3,18,19,20,21,22)/p+1. The van der Waals surface area contributed by atoms with Crippen LogP contribution >= 0.6 is 24.0 Å². The Morgan fingerprint density at radius 2 is 1.92 bits per heavy atom. The number of benzene rings is 1. The molecule has 0 saturated carbocycles. The molecule has 1 aromatic heterocycles. The van der Waals surface area contributed by atoms with Crippen LogP contribution in [-0.4, -0.2) is 57.4 Å². The van der Waals surface area contributed by atoms with Gasteiger partial charge in [-0.2, -0.15) is 15.0 Å². The van der Waals surface area contributed by atoms with Gasteiger partial charge in [-0.3, -0.25) is 0 Å². The highest BCUT2D eigenvalue weighted by molar-refractivity contribution is 8.22. The fourth-order valence-corrected chi connectivity index (χ4v) is 3.72. The van der Waals surface area contributed by atoms with Crippen LogP contribution < -0.4 is 16.0 Å². The lowest BCUT2D eigenvalue weighted by Gasteiger charge is -2.31. The molecule has 2 heterocycles. The largest absolute Gasteiger partial charge is 0.368 e. The number of thiocarbonyl (C=S) groups is 1. The summed E-state index contributed by atoms with van der Waals surface area (Å²) < 4.78 is 0.893. The predicted octanol–water partition coefficient (Wildman–Crippen LogP) is 0.854. The zero-order valence-corrected chi connectivity index (χ0v) is 16.7. The third-order valence-electron chi connectivity index (χ3n) is 4.21. The number of nitrogens with one attached hydrogen (secondary N) is 2. The summed E-state index contributed by atoms with van der Waals surface area (Å²) in [6.07, 6.45) is 0. The second kappa shape index (κ2) is 8.61. The van der Waals surface area contributed by atoms with Crippen molar-refractivity contribution in [1.82, 2.24) is 19.9 Å². The molecule has 0 unspecified atom stereocenters. The van der Waals surface area contributed by atoms with Crippen LogP contribution in [0.4, 0.5) is 17.6 Å². The van der Waals surface area contributed by atoms with E-state index in [1.54, 1.807) is 16.7 Å². The van der Waals surface area contributed by atoms with Crippen LogP contribution in [0.5, 0.6) is 0 Å². The number of rotatable bonds is 4. The van der Waals surface area contributed by atoms with Crippen LogP contribution in [0, 0.1) is 6.92 Å². The molecule has 1 saturated heterocycles. The first kappa shape index (κ1) is 18.8. The minimum Gasteiger partial charge on any atom is -0.368 e. The van der Waals surface area contributed by atoms with Gasteiger partial charge in [0.25, 0.3) is 0 Å². The number of hydrogen-bond donors (Lipinski definition) is 3. The van der Waals surface area contributed by atoms with Crippen LogP contribution in [-0.2, 0) is 5.75 Å². The molecule has 1 fully saturated rings. The Bertz CT molecular complexity index is 758. The number of aryl methyl sites for hydroxylation is 1. The molecule has 1 aromatic carbocycles. The number of aromatic nitrogens is 3. The molecule has 2 aromatic rings. The molecular weight excluding hydrogens is 366 g/mol. The highest BCUT2D eigenvalue weighted by atomic mass is 32.2. The molecule has 138 valence electrons. The van der Waals surface area contributed by atoms with Gasteiger partial charge < -0.3 is 20.9 Å². The summed E-state index contributed by atoms with van der Waals surface area (Å²) in [7, 11) is 2.21. The first-order valence-electron chi connectivity index (χ1n) is 8.57. The first-order valence-corrected chi connectivity index (χ1v) is 9.96. The molecule has 1 aliphatic rings. The molecule has 0 spiro atoms. The van der Waals surface area contributed by atoms with Gasteiger partial charge in [-0.15, -0.1) is 0 Å². The molecule has 26 heavy (non-hydrogen) atoms. The summed E-state index contributed by atoms with van der Waals surface area (Å²) in [5.41, 5.74) is 7.95. The van der Waals surface area contributed by atoms with E-state index in [2.05, 4.69) is 32.2 Å². The average molecular weight is 391 g/mol. The average Bonchev–Trinajstić information content (AvgIpc) is 2.62. The van der Waals surface area contributed by atoms with Crippen LogP contribution in [0.15, 0.2) is 24.3 Å². The van der Waals surface area contributed by atoms with Crippen molar-refractivity contribution in [3.8, 4) is 0 Å². The maximum Gasteiger partial charge on any atom is 0.232 e. The highest BCUT2D eigenvalue weighted by Crippen LogP contribution is 2.18. The number of nitrogens with two attached hydrogens (primary N) is 1. The normalized spacial score (nSPS) is 15.1. The number of piperazine rings is 1. The number of anilines is 3. The van der Waals surface area contributed by atoms with E-state index < -0.39 is 0 Å². The fourth-order valence-electron chi connectivity index (χ4n) is 2.61. The molecule has 0 radical (unpaired) electrons. The van der Waals surface area contributed by atoms with Crippen molar-refractivity contribution in [3.05, 3.63) is 35.7 Å². The van der Waals surface area contributed by atoms with E-state index in [9.17, 15) is 0 Å². The topological polar surface area (TPSA) is 84.4 Å². The van der Waals surface area contributed by atoms with E-state index >= 15 is 0 Å². The Hall–Kier alpha value is -1.97. The number of nitrogens with zero attached hydrogens (tertiary/aromatic N) is 4. The van der Waals surface area contributed by atoms with Gasteiger partial charge in [-0.05, 0) is 19.1 Å². The maximum atomic E-state index is 5.84. The summed E-state index contributed by atoms with van der Waals surface area (Å²) in [5.74, 6) is 1.86. The molecule has 9 heteroatoms. The van der Waals surface area contributed by atoms with Crippen LogP contribution in [0.25, 0.3) is 0 Å². The van der Waals surface area contributed by atoms with Crippen LogP contribution in [0.2, 0.25) is 0 Å². The second-order valence-corrected chi connectivity index (χ2v) is 8.03. The van der Waals surface area contributed by atoms with E-state index in [1.165, 1.54) is 5.56 Å². The van der Waals surface area contributed by atoms with Crippen molar-refractivity contribution in [2.45, 2.75) is 12.7 Å². The molecule has 0 amide bonds. The van der Waals surface area contributed by atoms with Crippen molar-refractivity contribution < 1.29 is 4.90 Å². The molecule has 0 atom stereocenters. The van der Waals surface area contributed by atoms with Gasteiger partial charge in [0.05, 0.1) is 39.0 Å². The summed E-state index contributed by atoms with van der Waals surface area (Å²) in [6, 6.07) is 8.02. The Kier molecular flexibility index (Phi) is 6.23. The summed E-state index contributed by atoms with van der Waals surface area (Å²) >= 11 is 7.13. The zero-order chi connectivity index (χ0) is 18.5. The Morgan fingerprint density at radius 1 is 1.23 bits per heavy atom. The third-order valence-corrected chi connectivity index (χ3v) is 5.73.